The lowest BCUT2D eigenvalue weighted by Crippen LogP contribution is -2.28. The number of hydrogen-bond acceptors (Lipinski definition) is 4. The second-order valence-electron chi connectivity index (χ2n) is 6.09. The van der Waals surface area contributed by atoms with Gasteiger partial charge in [0.05, 0.1) is 6.04 Å². The number of hydrogen-bond donors (Lipinski definition) is 1. The van der Waals surface area contributed by atoms with Crippen LogP contribution < -0.4 is 10.1 Å². The van der Waals surface area contributed by atoms with Crippen LogP contribution in [0.25, 0.3) is 0 Å². The Labute approximate surface area is 151 Å². The number of rotatable bonds is 5. The molecule has 2 atom stereocenters. The summed E-state index contributed by atoms with van der Waals surface area (Å²) in [7, 11) is 0. The smallest absolute Gasteiger partial charge is 0.145 e. The van der Waals surface area contributed by atoms with Gasteiger partial charge in [0.25, 0.3) is 0 Å². The minimum atomic E-state index is -0.320. The molecule has 0 spiro atoms. The summed E-state index contributed by atoms with van der Waals surface area (Å²) in [5.41, 5.74) is 2.18. The van der Waals surface area contributed by atoms with E-state index in [-0.39, 0.29) is 24.5 Å². The van der Waals surface area contributed by atoms with E-state index in [1.165, 1.54) is 12.1 Å². The van der Waals surface area contributed by atoms with E-state index in [2.05, 4.69) is 22.4 Å². The zero-order valence-corrected chi connectivity index (χ0v) is 14.0. The minimum Gasteiger partial charge on any atom is -0.486 e. The quantitative estimate of drug-likeness (QED) is 0.756. The molecule has 0 saturated carbocycles. The van der Waals surface area contributed by atoms with Crippen LogP contribution in [-0.4, -0.2) is 17.4 Å². The number of nitrogens with one attached hydrogen (secondary N) is 1. The first-order valence-corrected chi connectivity index (χ1v) is 8.46. The van der Waals surface area contributed by atoms with E-state index in [4.69, 9.17) is 9.73 Å². The second kappa shape index (κ2) is 7.35. The van der Waals surface area contributed by atoms with Gasteiger partial charge in [-0.3, -0.25) is 9.98 Å². The Hall–Kier alpha value is -3.21. The van der Waals surface area contributed by atoms with E-state index in [1.54, 1.807) is 18.3 Å². The summed E-state index contributed by atoms with van der Waals surface area (Å²) in [4.78, 5) is 9.03. The van der Waals surface area contributed by atoms with Crippen molar-refractivity contribution in [3.63, 3.8) is 0 Å². The van der Waals surface area contributed by atoms with E-state index in [9.17, 15) is 4.39 Å². The number of aromatic nitrogens is 1. The van der Waals surface area contributed by atoms with Gasteiger partial charge in [-0.05, 0) is 29.3 Å². The van der Waals surface area contributed by atoms with E-state index in [1.807, 2.05) is 36.5 Å². The van der Waals surface area contributed by atoms with Gasteiger partial charge in [0.15, 0.2) is 0 Å². The van der Waals surface area contributed by atoms with E-state index in [0.717, 1.165) is 17.0 Å². The summed E-state index contributed by atoms with van der Waals surface area (Å²) < 4.78 is 19.0. The van der Waals surface area contributed by atoms with E-state index >= 15 is 0 Å². The number of benzene rings is 2. The van der Waals surface area contributed by atoms with Crippen molar-refractivity contribution in [1.82, 2.24) is 10.3 Å². The van der Waals surface area contributed by atoms with Crippen molar-refractivity contribution in [2.45, 2.75) is 12.1 Å². The summed E-state index contributed by atoms with van der Waals surface area (Å²) in [5, 5.41) is 3.43. The average Bonchev–Trinajstić information content (AvgIpc) is 3.12. The van der Waals surface area contributed by atoms with Gasteiger partial charge in [0.1, 0.15) is 30.1 Å². The van der Waals surface area contributed by atoms with Gasteiger partial charge in [0, 0.05) is 18.5 Å². The van der Waals surface area contributed by atoms with E-state index < -0.39 is 0 Å². The molecule has 4 nitrogen and oxygen atoms in total. The largest absolute Gasteiger partial charge is 0.486 e. The van der Waals surface area contributed by atoms with Gasteiger partial charge in [0.2, 0.25) is 0 Å². The number of ether oxygens (including phenoxy) is 1. The molecule has 2 aromatic carbocycles. The van der Waals surface area contributed by atoms with Crippen LogP contribution in [0.2, 0.25) is 0 Å². The molecular weight excluding hydrogens is 329 g/mol. The molecule has 0 fully saturated rings. The summed E-state index contributed by atoms with van der Waals surface area (Å²) in [6.45, 7) is 0.254. The molecule has 0 radical (unpaired) electrons. The first-order valence-electron chi connectivity index (χ1n) is 8.46. The summed E-state index contributed by atoms with van der Waals surface area (Å²) >= 11 is 0. The maximum Gasteiger partial charge on any atom is 0.145 e. The molecule has 5 heteroatoms. The van der Waals surface area contributed by atoms with Crippen LogP contribution in [0.15, 0.2) is 84.1 Å². The normalized spacial score (nSPS) is 18.9. The fourth-order valence-electron chi connectivity index (χ4n) is 3.07. The lowest BCUT2D eigenvalue weighted by Gasteiger charge is -2.19. The van der Waals surface area contributed by atoms with Crippen LogP contribution in [0.1, 0.15) is 23.2 Å². The predicted octanol–water partition coefficient (Wildman–Crippen LogP) is 4.08. The molecule has 4 rings (SSSR count). The third-order valence-corrected chi connectivity index (χ3v) is 4.29. The zero-order chi connectivity index (χ0) is 17.8. The Balaban J connectivity index is 1.56. The van der Waals surface area contributed by atoms with Crippen LogP contribution in [0.5, 0.6) is 5.75 Å². The van der Waals surface area contributed by atoms with Gasteiger partial charge < -0.3 is 10.1 Å². The molecule has 0 unspecified atom stereocenters. The molecule has 26 heavy (non-hydrogen) atoms. The zero-order valence-electron chi connectivity index (χ0n) is 14.0. The second-order valence-corrected chi connectivity index (χ2v) is 6.09. The third kappa shape index (κ3) is 3.57. The molecule has 0 bridgehead atoms. The van der Waals surface area contributed by atoms with Gasteiger partial charge in [-0.2, -0.15) is 0 Å². The maximum absolute atomic E-state index is 13.3. The van der Waals surface area contributed by atoms with Crippen molar-refractivity contribution in [2.75, 3.05) is 6.61 Å². The first kappa shape index (κ1) is 16.3. The Bertz CT molecular complexity index is 899. The van der Waals surface area contributed by atoms with Crippen molar-refractivity contribution in [2.24, 2.45) is 4.99 Å². The SMILES string of the molecule is Fc1cccc(OCC2=N[C@H](c3ccccc3)[C@H](c3cccnc3)N2)c1. The van der Waals surface area contributed by atoms with Gasteiger partial charge >= 0.3 is 0 Å². The monoisotopic (exact) mass is 347 g/mol. The molecule has 3 aromatic rings. The molecule has 0 aliphatic carbocycles. The molecule has 0 amide bonds. The van der Waals surface area contributed by atoms with Gasteiger partial charge in [-0.25, -0.2) is 4.39 Å². The fraction of sp³-hybridized carbons (Fsp3) is 0.143. The van der Waals surface area contributed by atoms with Crippen LogP contribution in [0.3, 0.4) is 0 Å². The highest BCUT2D eigenvalue weighted by atomic mass is 19.1. The van der Waals surface area contributed by atoms with Gasteiger partial charge in [-0.1, -0.05) is 42.5 Å². The number of aliphatic imine (C=N–C) groups is 1. The lowest BCUT2D eigenvalue weighted by atomic mass is 9.96. The Morgan fingerprint density at radius 1 is 0.962 bits per heavy atom. The maximum atomic E-state index is 13.3. The third-order valence-electron chi connectivity index (χ3n) is 4.29. The number of nitrogens with zero attached hydrogens (tertiary/aromatic N) is 2. The average molecular weight is 347 g/mol. The minimum absolute atomic E-state index is 0.0165. The van der Waals surface area contributed by atoms with Crippen molar-refractivity contribution < 1.29 is 9.13 Å². The van der Waals surface area contributed by atoms with Crippen LogP contribution in [-0.2, 0) is 0 Å². The van der Waals surface area contributed by atoms with Crippen molar-refractivity contribution >= 4 is 5.84 Å². The standard InChI is InChI=1S/C21H18FN3O/c22-17-9-4-10-18(12-17)26-14-19-24-20(15-6-2-1-3-7-15)21(25-19)16-8-5-11-23-13-16/h1-13,20-21H,14H2,(H,24,25)/t20-,21+/m1/s1. The highest BCUT2D eigenvalue weighted by molar-refractivity contribution is 5.86. The predicted molar refractivity (Wildman–Crippen MR) is 98.6 cm³/mol. The summed E-state index contributed by atoms with van der Waals surface area (Å²) in [5.74, 6) is 0.895. The van der Waals surface area contributed by atoms with Crippen molar-refractivity contribution in [3.05, 3.63) is 96.1 Å². The summed E-state index contributed by atoms with van der Waals surface area (Å²) in [6.07, 6.45) is 3.60. The van der Waals surface area contributed by atoms with Crippen molar-refractivity contribution in [1.29, 1.82) is 0 Å². The molecule has 2 heterocycles. The Kier molecular flexibility index (Phi) is 4.60. The van der Waals surface area contributed by atoms with Crippen LogP contribution in [0, 0.1) is 5.82 Å². The summed E-state index contributed by atoms with van der Waals surface area (Å²) in [6, 6.07) is 20.1. The number of pyridine rings is 1. The first-order chi connectivity index (χ1) is 12.8. The fourth-order valence-corrected chi connectivity index (χ4v) is 3.07. The lowest BCUT2D eigenvalue weighted by molar-refractivity contribution is 0.370. The Morgan fingerprint density at radius 2 is 1.81 bits per heavy atom. The molecular formula is C21H18FN3O. The van der Waals surface area contributed by atoms with Gasteiger partial charge in [-0.15, -0.1) is 0 Å². The molecule has 1 aliphatic rings. The number of amidine groups is 1. The molecule has 130 valence electrons. The Morgan fingerprint density at radius 3 is 2.58 bits per heavy atom. The molecule has 0 saturated heterocycles. The highest BCUT2D eigenvalue weighted by Crippen LogP contribution is 2.35. The van der Waals surface area contributed by atoms with E-state index in [0.29, 0.717) is 5.75 Å². The van der Waals surface area contributed by atoms with Crippen LogP contribution in [0.4, 0.5) is 4.39 Å². The topological polar surface area (TPSA) is 46.5 Å². The number of halogens is 1. The molecule has 1 aromatic heterocycles. The van der Waals surface area contributed by atoms with Crippen LogP contribution >= 0.6 is 0 Å². The molecule has 1 N–H and O–H groups in total. The van der Waals surface area contributed by atoms with Crippen molar-refractivity contribution in [3.8, 4) is 5.75 Å². The molecule has 1 aliphatic heterocycles. The highest BCUT2D eigenvalue weighted by Gasteiger charge is 2.31.